The summed E-state index contributed by atoms with van der Waals surface area (Å²) in [7, 11) is 0. The maximum Gasteiger partial charge on any atom is 0.255 e. The molecule has 3 rings (SSSR count). The summed E-state index contributed by atoms with van der Waals surface area (Å²) in [5.74, 6) is -0.743. The average Bonchev–Trinajstić information content (AvgIpc) is 2.85. The molecule has 0 saturated carbocycles. The standard InChI is InChI=1S/C17H15ClFNO2/c1-9-3-2-4-12(16(9)21)17(22)20-15-6-5-11-13(15)7-10(18)8-14(11)19/h2-4,7-8,15,21H,5-6H2,1H3,(H,20,22)/t15-/m1/s1. The Morgan fingerprint density at radius 2 is 2.18 bits per heavy atom. The molecule has 0 unspecified atom stereocenters. The van der Waals surface area contributed by atoms with Crippen LogP contribution in [-0.4, -0.2) is 11.0 Å². The van der Waals surface area contributed by atoms with Gasteiger partial charge in [0.25, 0.3) is 5.91 Å². The fraction of sp³-hybridized carbons (Fsp3) is 0.235. The molecule has 3 nitrogen and oxygen atoms in total. The molecule has 0 fully saturated rings. The Labute approximate surface area is 132 Å². The van der Waals surface area contributed by atoms with Gasteiger partial charge >= 0.3 is 0 Å². The van der Waals surface area contributed by atoms with E-state index in [1.54, 1.807) is 31.2 Å². The molecule has 0 spiro atoms. The molecule has 0 radical (unpaired) electrons. The fourth-order valence-electron chi connectivity index (χ4n) is 2.87. The lowest BCUT2D eigenvalue weighted by Gasteiger charge is -2.15. The average molecular weight is 320 g/mol. The smallest absolute Gasteiger partial charge is 0.255 e. The number of fused-ring (bicyclic) bond motifs is 1. The van der Waals surface area contributed by atoms with Crippen LogP contribution in [-0.2, 0) is 6.42 Å². The van der Waals surface area contributed by atoms with Gasteiger partial charge in [0.2, 0.25) is 0 Å². The van der Waals surface area contributed by atoms with Crippen molar-refractivity contribution in [3.8, 4) is 5.75 Å². The summed E-state index contributed by atoms with van der Waals surface area (Å²) in [5, 5.41) is 13.1. The number of aryl methyl sites for hydroxylation is 1. The van der Waals surface area contributed by atoms with Crippen LogP contribution < -0.4 is 5.32 Å². The van der Waals surface area contributed by atoms with E-state index in [0.717, 1.165) is 0 Å². The molecule has 114 valence electrons. The molecule has 0 saturated heterocycles. The van der Waals surface area contributed by atoms with Gasteiger partial charge in [0, 0.05) is 5.02 Å². The lowest BCUT2D eigenvalue weighted by atomic mass is 10.1. The van der Waals surface area contributed by atoms with E-state index in [2.05, 4.69) is 5.32 Å². The van der Waals surface area contributed by atoms with Gasteiger partial charge in [0.1, 0.15) is 11.6 Å². The van der Waals surface area contributed by atoms with Crippen molar-refractivity contribution < 1.29 is 14.3 Å². The van der Waals surface area contributed by atoms with Crippen LogP contribution in [0.15, 0.2) is 30.3 Å². The van der Waals surface area contributed by atoms with Crippen molar-refractivity contribution in [1.82, 2.24) is 5.32 Å². The number of carbonyl (C=O) groups is 1. The minimum Gasteiger partial charge on any atom is -0.507 e. The maximum absolute atomic E-state index is 13.9. The SMILES string of the molecule is Cc1cccc(C(=O)N[C@@H]2CCc3c(F)cc(Cl)cc32)c1O. The molecule has 0 bridgehead atoms. The van der Waals surface area contributed by atoms with E-state index in [4.69, 9.17) is 11.6 Å². The van der Waals surface area contributed by atoms with E-state index in [0.29, 0.717) is 34.6 Å². The van der Waals surface area contributed by atoms with Crippen molar-refractivity contribution in [3.63, 3.8) is 0 Å². The Hall–Kier alpha value is -2.07. The van der Waals surface area contributed by atoms with Gasteiger partial charge in [0.05, 0.1) is 11.6 Å². The number of phenols is 1. The fourth-order valence-corrected chi connectivity index (χ4v) is 3.08. The van der Waals surface area contributed by atoms with Crippen molar-refractivity contribution >= 4 is 17.5 Å². The summed E-state index contributed by atoms with van der Waals surface area (Å²) in [5.41, 5.74) is 2.16. The second kappa shape index (κ2) is 5.61. The first kappa shape index (κ1) is 14.9. The third-order valence-electron chi connectivity index (χ3n) is 4.04. The number of hydrogen-bond acceptors (Lipinski definition) is 2. The lowest BCUT2D eigenvalue weighted by molar-refractivity contribution is 0.0934. The van der Waals surface area contributed by atoms with Crippen LogP contribution in [0.2, 0.25) is 5.02 Å². The maximum atomic E-state index is 13.9. The Balaban J connectivity index is 1.87. The molecular weight excluding hydrogens is 305 g/mol. The zero-order valence-electron chi connectivity index (χ0n) is 12.0. The third kappa shape index (κ3) is 2.55. The molecular formula is C17H15ClFNO2. The highest BCUT2D eigenvalue weighted by molar-refractivity contribution is 6.30. The van der Waals surface area contributed by atoms with Crippen LogP contribution in [0.3, 0.4) is 0 Å². The summed E-state index contributed by atoms with van der Waals surface area (Å²) in [6, 6.07) is 7.68. The minimum atomic E-state index is -0.376. The van der Waals surface area contributed by atoms with Gasteiger partial charge in [-0.1, -0.05) is 23.7 Å². The Morgan fingerprint density at radius 3 is 2.95 bits per heavy atom. The Bertz CT molecular complexity index is 761. The van der Waals surface area contributed by atoms with Crippen LogP contribution in [0, 0.1) is 12.7 Å². The van der Waals surface area contributed by atoms with Crippen LogP contribution in [0.25, 0.3) is 0 Å². The van der Waals surface area contributed by atoms with Crippen LogP contribution in [0.5, 0.6) is 5.75 Å². The highest BCUT2D eigenvalue weighted by Gasteiger charge is 2.28. The molecule has 22 heavy (non-hydrogen) atoms. The summed E-state index contributed by atoms with van der Waals surface area (Å²) in [6.07, 6.45) is 1.17. The van der Waals surface area contributed by atoms with E-state index >= 15 is 0 Å². The summed E-state index contributed by atoms with van der Waals surface area (Å²) in [4.78, 5) is 12.4. The number of phenolic OH excluding ortho intramolecular Hbond substituents is 1. The van der Waals surface area contributed by atoms with Crippen molar-refractivity contribution in [2.75, 3.05) is 0 Å². The summed E-state index contributed by atoms with van der Waals surface area (Å²) >= 11 is 5.90. The Morgan fingerprint density at radius 1 is 1.41 bits per heavy atom. The second-order valence-electron chi connectivity index (χ2n) is 5.49. The number of halogens is 2. The largest absolute Gasteiger partial charge is 0.507 e. The molecule has 2 aromatic rings. The van der Waals surface area contributed by atoms with Crippen molar-refractivity contribution in [2.24, 2.45) is 0 Å². The van der Waals surface area contributed by atoms with Gasteiger partial charge in [-0.15, -0.1) is 0 Å². The number of benzene rings is 2. The van der Waals surface area contributed by atoms with Crippen LogP contribution in [0.4, 0.5) is 4.39 Å². The summed E-state index contributed by atoms with van der Waals surface area (Å²) in [6.45, 7) is 1.73. The molecule has 1 atom stereocenters. The second-order valence-corrected chi connectivity index (χ2v) is 5.93. The van der Waals surface area contributed by atoms with Gasteiger partial charge in [-0.25, -0.2) is 4.39 Å². The first-order chi connectivity index (χ1) is 10.5. The first-order valence-electron chi connectivity index (χ1n) is 7.04. The van der Waals surface area contributed by atoms with Crippen LogP contribution >= 0.6 is 11.6 Å². The zero-order valence-corrected chi connectivity index (χ0v) is 12.7. The summed E-state index contributed by atoms with van der Waals surface area (Å²) < 4.78 is 13.9. The molecule has 2 aromatic carbocycles. The van der Waals surface area contributed by atoms with Crippen molar-refractivity contribution in [2.45, 2.75) is 25.8 Å². The highest BCUT2D eigenvalue weighted by atomic mass is 35.5. The van der Waals surface area contributed by atoms with Crippen molar-refractivity contribution in [1.29, 1.82) is 0 Å². The van der Waals surface area contributed by atoms with Crippen LogP contribution in [0.1, 0.15) is 39.5 Å². The number of nitrogens with one attached hydrogen (secondary N) is 1. The Kier molecular flexibility index (Phi) is 3.79. The molecule has 1 aliphatic carbocycles. The number of aromatic hydroxyl groups is 1. The zero-order chi connectivity index (χ0) is 15.9. The molecule has 0 aliphatic heterocycles. The monoisotopic (exact) mass is 319 g/mol. The lowest BCUT2D eigenvalue weighted by Crippen LogP contribution is -2.27. The number of carbonyl (C=O) groups excluding carboxylic acids is 1. The minimum absolute atomic E-state index is 0.0319. The van der Waals surface area contributed by atoms with E-state index in [1.807, 2.05) is 0 Å². The van der Waals surface area contributed by atoms with E-state index in [-0.39, 0.29) is 29.1 Å². The van der Waals surface area contributed by atoms with Gasteiger partial charge in [0.15, 0.2) is 0 Å². The third-order valence-corrected chi connectivity index (χ3v) is 4.26. The molecule has 2 N–H and O–H groups in total. The topological polar surface area (TPSA) is 49.3 Å². The van der Waals surface area contributed by atoms with Crippen molar-refractivity contribution in [3.05, 3.63) is 63.4 Å². The molecule has 1 amide bonds. The van der Waals surface area contributed by atoms with Gasteiger partial charge in [-0.2, -0.15) is 0 Å². The normalized spacial score (nSPS) is 16.4. The van der Waals surface area contributed by atoms with E-state index in [1.165, 1.54) is 6.07 Å². The molecule has 0 heterocycles. The molecule has 0 aromatic heterocycles. The van der Waals surface area contributed by atoms with E-state index < -0.39 is 0 Å². The number of amides is 1. The predicted octanol–water partition coefficient (Wildman–Crippen LogP) is 3.91. The predicted molar refractivity (Wildman–Crippen MR) is 82.8 cm³/mol. The van der Waals surface area contributed by atoms with Gasteiger partial charge in [-0.3, -0.25) is 4.79 Å². The molecule has 1 aliphatic rings. The van der Waals surface area contributed by atoms with Gasteiger partial charge in [-0.05, 0) is 54.7 Å². The number of rotatable bonds is 2. The first-order valence-corrected chi connectivity index (χ1v) is 7.42. The van der Waals surface area contributed by atoms with E-state index in [9.17, 15) is 14.3 Å². The quantitative estimate of drug-likeness (QED) is 0.881. The molecule has 5 heteroatoms. The van der Waals surface area contributed by atoms with Gasteiger partial charge < -0.3 is 10.4 Å². The highest BCUT2D eigenvalue weighted by Crippen LogP contribution is 2.35. The number of para-hydroxylation sites is 1. The number of hydrogen-bond donors (Lipinski definition) is 2.